The van der Waals surface area contributed by atoms with Crippen LogP contribution in [-0.2, 0) is 11.3 Å². The van der Waals surface area contributed by atoms with Gasteiger partial charge in [0, 0.05) is 19.1 Å². The van der Waals surface area contributed by atoms with Gasteiger partial charge in [-0.2, -0.15) is 0 Å². The van der Waals surface area contributed by atoms with Crippen molar-refractivity contribution in [2.75, 3.05) is 13.7 Å². The van der Waals surface area contributed by atoms with E-state index in [4.69, 9.17) is 9.47 Å². The zero-order chi connectivity index (χ0) is 15.9. The quantitative estimate of drug-likeness (QED) is 0.847. The lowest BCUT2D eigenvalue weighted by Gasteiger charge is -2.22. The molecule has 5 heteroatoms. The van der Waals surface area contributed by atoms with Crippen LogP contribution >= 0.6 is 0 Å². The van der Waals surface area contributed by atoms with Crippen molar-refractivity contribution < 1.29 is 14.3 Å². The molecule has 0 aromatic heterocycles. The minimum Gasteiger partial charge on any atom is -0.497 e. The average Bonchev–Trinajstić information content (AvgIpc) is 2.36. The van der Waals surface area contributed by atoms with Crippen molar-refractivity contribution in [3.8, 4) is 5.75 Å². The van der Waals surface area contributed by atoms with Crippen LogP contribution in [0.5, 0.6) is 5.75 Å². The van der Waals surface area contributed by atoms with E-state index < -0.39 is 11.7 Å². The van der Waals surface area contributed by atoms with Gasteiger partial charge in [-0.25, -0.2) is 4.79 Å². The molecule has 21 heavy (non-hydrogen) atoms. The molecule has 1 aromatic rings. The highest BCUT2D eigenvalue weighted by Gasteiger charge is 2.17. The number of hydrogen-bond donors (Lipinski definition) is 2. The number of methoxy groups -OCH3 is 1. The number of nitrogens with one attached hydrogen (secondary N) is 2. The van der Waals surface area contributed by atoms with E-state index in [1.54, 1.807) is 7.11 Å². The summed E-state index contributed by atoms with van der Waals surface area (Å²) in [6.45, 7) is 8.85. The topological polar surface area (TPSA) is 59.6 Å². The maximum Gasteiger partial charge on any atom is 0.407 e. The molecule has 0 heterocycles. The van der Waals surface area contributed by atoms with Crippen LogP contribution in [0.15, 0.2) is 24.3 Å². The van der Waals surface area contributed by atoms with Crippen molar-refractivity contribution in [2.45, 2.75) is 45.9 Å². The Bertz CT molecular complexity index is 455. The van der Waals surface area contributed by atoms with Gasteiger partial charge in [0.2, 0.25) is 0 Å². The van der Waals surface area contributed by atoms with Gasteiger partial charge in [-0.05, 0) is 45.4 Å². The zero-order valence-corrected chi connectivity index (χ0v) is 13.5. The fourth-order valence-electron chi connectivity index (χ4n) is 1.78. The molecule has 0 saturated carbocycles. The molecule has 0 aliphatic rings. The fraction of sp³-hybridized carbons (Fsp3) is 0.562. The standard InChI is InChI=1S/C16H26N2O3/c1-12(18-15(19)21-16(2,3)4)10-17-11-13-7-6-8-14(9-13)20-5/h6-9,12,17H,10-11H2,1-5H3,(H,18,19). The molecule has 0 bridgehead atoms. The van der Waals surface area contributed by atoms with E-state index in [1.807, 2.05) is 52.0 Å². The summed E-state index contributed by atoms with van der Waals surface area (Å²) in [5, 5.41) is 6.09. The Morgan fingerprint density at radius 2 is 2.05 bits per heavy atom. The number of benzene rings is 1. The van der Waals surface area contributed by atoms with Gasteiger partial charge in [-0.15, -0.1) is 0 Å². The van der Waals surface area contributed by atoms with Crippen LogP contribution in [0.2, 0.25) is 0 Å². The van der Waals surface area contributed by atoms with Gasteiger partial charge >= 0.3 is 6.09 Å². The second kappa shape index (κ2) is 7.88. The predicted octanol–water partition coefficient (Wildman–Crippen LogP) is 2.70. The van der Waals surface area contributed by atoms with Gasteiger partial charge in [-0.3, -0.25) is 0 Å². The molecule has 1 rings (SSSR count). The Morgan fingerprint density at radius 3 is 2.67 bits per heavy atom. The van der Waals surface area contributed by atoms with Crippen LogP contribution in [-0.4, -0.2) is 31.4 Å². The number of ether oxygens (including phenoxy) is 2. The molecule has 0 radical (unpaired) electrons. The molecule has 1 aromatic carbocycles. The van der Waals surface area contributed by atoms with Crippen molar-refractivity contribution in [3.63, 3.8) is 0 Å². The number of amides is 1. The molecule has 0 fully saturated rings. The Balaban J connectivity index is 2.30. The highest BCUT2D eigenvalue weighted by molar-refractivity contribution is 5.68. The molecule has 118 valence electrons. The zero-order valence-electron chi connectivity index (χ0n) is 13.5. The number of hydrogen-bond acceptors (Lipinski definition) is 4. The van der Waals surface area contributed by atoms with Crippen molar-refractivity contribution in [1.82, 2.24) is 10.6 Å². The Hall–Kier alpha value is -1.75. The highest BCUT2D eigenvalue weighted by Crippen LogP contribution is 2.12. The maximum absolute atomic E-state index is 11.6. The molecule has 1 atom stereocenters. The summed E-state index contributed by atoms with van der Waals surface area (Å²) in [6, 6.07) is 7.87. The van der Waals surface area contributed by atoms with Crippen LogP contribution in [0.3, 0.4) is 0 Å². The third kappa shape index (κ3) is 7.56. The Morgan fingerprint density at radius 1 is 1.33 bits per heavy atom. The third-order valence-corrected chi connectivity index (χ3v) is 2.68. The van der Waals surface area contributed by atoms with Gasteiger partial charge in [0.25, 0.3) is 0 Å². The van der Waals surface area contributed by atoms with Crippen LogP contribution in [0, 0.1) is 0 Å². The molecular formula is C16H26N2O3. The molecule has 5 nitrogen and oxygen atoms in total. The van der Waals surface area contributed by atoms with Crippen molar-refractivity contribution in [1.29, 1.82) is 0 Å². The SMILES string of the molecule is COc1cccc(CNCC(C)NC(=O)OC(C)(C)C)c1. The van der Waals surface area contributed by atoms with E-state index >= 15 is 0 Å². The molecular weight excluding hydrogens is 268 g/mol. The smallest absolute Gasteiger partial charge is 0.407 e. The maximum atomic E-state index is 11.6. The van der Waals surface area contributed by atoms with E-state index in [1.165, 1.54) is 0 Å². The Labute approximate surface area is 127 Å². The first-order valence-electron chi connectivity index (χ1n) is 7.13. The number of carbonyl (C=O) groups is 1. The molecule has 0 aliphatic heterocycles. The number of carbonyl (C=O) groups excluding carboxylic acids is 1. The summed E-state index contributed by atoms with van der Waals surface area (Å²) in [6.07, 6.45) is -0.391. The summed E-state index contributed by atoms with van der Waals surface area (Å²) in [4.78, 5) is 11.6. The van der Waals surface area contributed by atoms with Crippen molar-refractivity contribution in [2.24, 2.45) is 0 Å². The molecule has 1 amide bonds. The largest absolute Gasteiger partial charge is 0.497 e. The average molecular weight is 294 g/mol. The third-order valence-electron chi connectivity index (χ3n) is 2.68. The minimum absolute atomic E-state index is 0.00884. The second-order valence-corrected chi connectivity index (χ2v) is 6.03. The van der Waals surface area contributed by atoms with Gasteiger partial charge in [0.15, 0.2) is 0 Å². The molecule has 2 N–H and O–H groups in total. The summed E-state index contributed by atoms with van der Waals surface area (Å²) in [5.74, 6) is 0.842. The lowest BCUT2D eigenvalue weighted by atomic mass is 10.2. The van der Waals surface area contributed by atoms with Gasteiger partial charge in [0.1, 0.15) is 11.4 Å². The predicted molar refractivity (Wildman–Crippen MR) is 83.5 cm³/mol. The molecule has 0 saturated heterocycles. The second-order valence-electron chi connectivity index (χ2n) is 6.03. The van der Waals surface area contributed by atoms with E-state index in [2.05, 4.69) is 10.6 Å². The summed E-state index contributed by atoms with van der Waals surface area (Å²) >= 11 is 0. The first kappa shape index (κ1) is 17.3. The van der Waals surface area contributed by atoms with Gasteiger partial charge < -0.3 is 20.1 Å². The summed E-state index contributed by atoms with van der Waals surface area (Å²) in [7, 11) is 1.65. The highest BCUT2D eigenvalue weighted by atomic mass is 16.6. The van der Waals surface area contributed by atoms with E-state index in [0.29, 0.717) is 6.54 Å². The molecule has 0 spiro atoms. The lowest BCUT2D eigenvalue weighted by Crippen LogP contribution is -2.42. The van der Waals surface area contributed by atoms with Crippen molar-refractivity contribution in [3.05, 3.63) is 29.8 Å². The summed E-state index contributed by atoms with van der Waals surface area (Å²) in [5.41, 5.74) is 0.663. The van der Waals surface area contributed by atoms with Gasteiger partial charge in [-0.1, -0.05) is 12.1 Å². The Kier molecular flexibility index (Phi) is 6.49. The first-order valence-corrected chi connectivity index (χ1v) is 7.13. The minimum atomic E-state index is -0.474. The first-order chi connectivity index (χ1) is 9.80. The van der Waals surface area contributed by atoms with Crippen molar-refractivity contribution >= 4 is 6.09 Å². The lowest BCUT2D eigenvalue weighted by molar-refractivity contribution is 0.0508. The molecule has 1 unspecified atom stereocenters. The monoisotopic (exact) mass is 294 g/mol. The number of alkyl carbamates (subject to hydrolysis) is 1. The normalized spacial score (nSPS) is 12.6. The fourth-order valence-corrected chi connectivity index (χ4v) is 1.78. The summed E-state index contributed by atoms with van der Waals surface area (Å²) < 4.78 is 10.4. The van der Waals surface area contributed by atoms with E-state index in [9.17, 15) is 4.79 Å². The van der Waals surface area contributed by atoms with Crippen LogP contribution < -0.4 is 15.4 Å². The number of rotatable bonds is 6. The van der Waals surface area contributed by atoms with Crippen LogP contribution in [0.4, 0.5) is 4.79 Å². The van der Waals surface area contributed by atoms with E-state index in [-0.39, 0.29) is 6.04 Å². The van der Waals surface area contributed by atoms with Crippen LogP contribution in [0.25, 0.3) is 0 Å². The molecule has 0 aliphatic carbocycles. The van der Waals surface area contributed by atoms with E-state index in [0.717, 1.165) is 17.9 Å². The van der Waals surface area contributed by atoms with Gasteiger partial charge in [0.05, 0.1) is 7.11 Å². The van der Waals surface area contributed by atoms with Crippen LogP contribution in [0.1, 0.15) is 33.3 Å².